The Morgan fingerprint density at radius 2 is 2.06 bits per heavy atom. The molecule has 0 radical (unpaired) electrons. The number of aromatic nitrogens is 1. The maximum Gasteiger partial charge on any atom is 0.178 e. The van der Waals surface area contributed by atoms with Gasteiger partial charge in [0.1, 0.15) is 4.60 Å². The van der Waals surface area contributed by atoms with E-state index >= 15 is 0 Å². The second kappa shape index (κ2) is 5.71. The Hall–Kier alpha value is -0.780. The number of likely N-dealkylation sites (N-methyl/N-ethyl adjacent to an activating group) is 1. The number of halogens is 1. The van der Waals surface area contributed by atoms with Gasteiger partial charge in [-0.25, -0.2) is 4.98 Å². The van der Waals surface area contributed by atoms with Crippen molar-refractivity contribution >= 4 is 21.7 Å². The lowest BCUT2D eigenvalue weighted by molar-refractivity contribution is 0.0876. The maximum absolute atomic E-state index is 12.0. The van der Waals surface area contributed by atoms with Gasteiger partial charge in [0.25, 0.3) is 0 Å². The number of Topliss-reactive ketones (excluding diaryl/α,β-unsaturated/α-hetero) is 1. The smallest absolute Gasteiger partial charge is 0.178 e. The average molecular weight is 298 g/mol. The molecule has 4 nitrogen and oxygen atoms in total. The van der Waals surface area contributed by atoms with Crippen LogP contribution in [0.1, 0.15) is 10.4 Å². The number of piperazine rings is 1. The number of carbonyl (C=O) groups excluding carboxylic acids is 1. The van der Waals surface area contributed by atoms with Crippen molar-refractivity contribution in [1.82, 2.24) is 14.8 Å². The Labute approximate surface area is 110 Å². The standard InChI is InChI=1S/C12H16BrN3O/c1-15-4-6-16(7-5-15)9-11(17)10-2-3-12(13)14-8-10/h2-3,8H,4-7,9H2,1H3. The first-order chi connectivity index (χ1) is 8.15. The van der Waals surface area contributed by atoms with Crippen LogP contribution in [0, 0.1) is 0 Å². The van der Waals surface area contributed by atoms with Crippen LogP contribution in [0.4, 0.5) is 0 Å². The Balaban J connectivity index is 1.91. The number of ketones is 1. The summed E-state index contributed by atoms with van der Waals surface area (Å²) >= 11 is 3.26. The fraction of sp³-hybridized carbons (Fsp3) is 0.500. The molecule has 1 aromatic heterocycles. The zero-order chi connectivity index (χ0) is 12.3. The molecule has 0 N–H and O–H groups in total. The molecule has 1 aliphatic heterocycles. The minimum absolute atomic E-state index is 0.148. The minimum Gasteiger partial charge on any atom is -0.304 e. The van der Waals surface area contributed by atoms with Gasteiger partial charge in [-0.3, -0.25) is 9.69 Å². The SMILES string of the molecule is CN1CCN(CC(=O)c2ccc(Br)nc2)CC1. The van der Waals surface area contributed by atoms with Crippen LogP contribution in [-0.4, -0.2) is 60.3 Å². The highest BCUT2D eigenvalue weighted by molar-refractivity contribution is 9.10. The van der Waals surface area contributed by atoms with Gasteiger partial charge in [0.05, 0.1) is 6.54 Å². The van der Waals surface area contributed by atoms with Gasteiger partial charge in [0, 0.05) is 37.9 Å². The largest absolute Gasteiger partial charge is 0.304 e. The van der Waals surface area contributed by atoms with Gasteiger partial charge < -0.3 is 4.90 Å². The van der Waals surface area contributed by atoms with Gasteiger partial charge in [0.2, 0.25) is 0 Å². The molecule has 0 aliphatic carbocycles. The summed E-state index contributed by atoms with van der Waals surface area (Å²) < 4.78 is 0.758. The van der Waals surface area contributed by atoms with E-state index in [-0.39, 0.29) is 5.78 Å². The molecule has 0 amide bonds. The summed E-state index contributed by atoms with van der Waals surface area (Å²) in [6.07, 6.45) is 1.63. The van der Waals surface area contributed by atoms with E-state index in [0.717, 1.165) is 30.8 Å². The minimum atomic E-state index is 0.148. The van der Waals surface area contributed by atoms with Crippen molar-refractivity contribution in [1.29, 1.82) is 0 Å². The lowest BCUT2D eigenvalue weighted by atomic mass is 10.1. The molecule has 1 saturated heterocycles. The molecule has 0 atom stereocenters. The van der Waals surface area contributed by atoms with E-state index in [9.17, 15) is 4.79 Å². The molecule has 2 rings (SSSR count). The van der Waals surface area contributed by atoms with Crippen LogP contribution in [-0.2, 0) is 0 Å². The molecule has 1 fully saturated rings. The van der Waals surface area contributed by atoms with Crippen molar-refractivity contribution in [2.75, 3.05) is 39.8 Å². The average Bonchev–Trinajstić information content (AvgIpc) is 2.33. The third-order valence-corrected chi connectivity index (χ3v) is 3.48. The van der Waals surface area contributed by atoms with E-state index in [1.807, 2.05) is 6.07 Å². The van der Waals surface area contributed by atoms with Gasteiger partial charge in [-0.05, 0) is 35.1 Å². The molecule has 1 aromatic rings. The summed E-state index contributed by atoms with van der Waals surface area (Å²) in [6.45, 7) is 4.49. The lowest BCUT2D eigenvalue weighted by Gasteiger charge is -2.31. The molecular weight excluding hydrogens is 282 g/mol. The predicted molar refractivity (Wildman–Crippen MR) is 70.2 cm³/mol. The van der Waals surface area contributed by atoms with Crippen molar-refractivity contribution in [3.63, 3.8) is 0 Å². The van der Waals surface area contributed by atoms with Crippen LogP contribution < -0.4 is 0 Å². The third-order valence-electron chi connectivity index (χ3n) is 3.01. The summed E-state index contributed by atoms with van der Waals surface area (Å²) in [5.74, 6) is 0.148. The topological polar surface area (TPSA) is 36.4 Å². The molecule has 0 spiro atoms. The molecule has 0 unspecified atom stereocenters. The van der Waals surface area contributed by atoms with Crippen molar-refractivity contribution in [2.45, 2.75) is 0 Å². The van der Waals surface area contributed by atoms with E-state index < -0.39 is 0 Å². The summed E-state index contributed by atoms with van der Waals surface area (Å²) in [5, 5.41) is 0. The van der Waals surface area contributed by atoms with Crippen molar-refractivity contribution in [2.24, 2.45) is 0 Å². The highest BCUT2D eigenvalue weighted by atomic mass is 79.9. The fourth-order valence-electron chi connectivity index (χ4n) is 1.84. The van der Waals surface area contributed by atoms with Crippen LogP contribution in [0.2, 0.25) is 0 Å². The Kier molecular flexibility index (Phi) is 4.25. The van der Waals surface area contributed by atoms with E-state index in [1.165, 1.54) is 0 Å². The first-order valence-corrected chi connectivity index (χ1v) is 6.50. The highest BCUT2D eigenvalue weighted by Gasteiger charge is 2.17. The maximum atomic E-state index is 12.0. The van der Waals surface area contributed by atoms with Crippen LogP contribution in [0.15, 0.2) is 22.9 Å². The Bertz CT molecular complexity index is 385. The molecule has 0 aromatic carbocycles. The van der Waals surface area contributed by atoms with Crippen molar-refractivity contribution < 1.29 is 4.79 Å². The monoisotopic (exact) mass is 297 g/mol. The third kappa shape index (κ3) is 3.59. The number of carbonyl (C=O) groups is 1. The molecular formula is C12H16BrN3O. The second-order valence-corrected chi connectivity index (χ2v) is 5.18. The van der Waals surface area contributed by atoms with Crippen molar-refractivity contribution in [3.8, 4) is 0 Å². The summed E-state index contributed by atoms with van der Waals surface area (Å²) in [4.78, 5) is 20.5. The Morgan fingerprint density at radius 3 is 2.65 bits per heavy atom. The van der Waals surface area contributed by atoms with Gasteiger partial charge >= 0.3 is 0 Å². The number of hydrogen-bond acceptors (Lipinski definition) is 4. The first-order valence-electron chi connectivity index (χ1n) is 5.71. The second-order valence-electron chi connectivity index (χ2n) is 4.37. The Morgan fingerprint density at radius 1 is 1.35 bits per heavy atom. The predicted octanol–water partition coefficient (Wildman–Crippen LogP) is 1.27. The summed E-state index contributed by atoms with van der Waals surface area (Å²) in [7, 11) is 2.11. The van der Waals surface area contributed by atoms with Crippen LogP contribution in [0.3, 0.4) is 0 Å². The zero-order valence-electron chi connectivity index (χ0n) is 9.90. The zero-order valence-corrected chi connectivity index (χ0v) is 11.5. The van der Waals surface area contributed by atoms with Crippen molar-refractivity contribution in [3.05, 3.63) is 28.5 Å². The fourth-order valence-corrected chi connectivity index (χ4v) is 2.08. The number of pyridine rings is 1. The molecule has 0 saturated carbocycles. The quantitative estimate of drug-likeness (QED) is 0.622. The van der Waals surface area contributed by atoms with Crippen LogP contribution >= 0.6 is 15.9 Å². The number of nitrogens with zero attached hydrogens (tertiary/aromatic N) is 3. The molecule has 0 bridgehead atoms. The van der Waals surface area contributed by atoms with E-state index in [4.69, 9.17) is 0 Å². The number of hydrogen-bond donors (Lipinski definition) is 0. The molecule has 1 aliphatic rings. The van der Waals surface area contributed by atoms with E-state index in [0.29, 0.717) is 12.1 Å². The summed E-state index contributed by atoms with van der Waals surface area (Å²) in [5.41, 5.74) is 0.687. The molecule has 5 heteroatoms. The molecule has 2 heterocycles. The molecule has 17 heavy (non-hydrogen) atoms. The molecule has 92 valence electrons. The van der Waals surface area contributed by atoms with Gasteiger partial charge in [0.15, 0.2) is 5.78 Å². The normalized spacial score (nSPS) is 18.2. The van der Waals surface area contributed by atoms with Crippen LogP contribution in [0.25, 0.3) is 0 Å². The van der Waals surface area contributed by atoms with E-state index in [1.54, 1.807) is 12.3 Å². The van der Waals surface area contributed by atoms with Crippen LogP contribution in [0.5, 0.6) is 0 Å². The lowest BCUT2D eigenvalue weighted by Crippen LogP contribution is -2.46. The van der Waals surface area contributed by atoms with Gasteiger partial charge in [-0.2, -0.15) is 0 Å². The number of rotatable bonds is 3. The van der Waals surface area contributed by atoms with Gasteiger partial charge in [-0.1, -0.05) is 0 Å². The highest BCUT2D eigenvalue weighted by Crippen LogP contribution is 2.08. The summed E-state index contributed by atoms with van der Waals surface area (Å²) in [6, 6.07) is 3.62. The van der Waals surface area contributed by atoms with Gasteiger partial charge in [-0.15, -0.1) is 0 Å². The van der Waals surface area contributed by atoms with E-state index in [2.05, 4.69) is 37.8 Å². The first kappa shape index (κ1) is 12.7.